The Balaban J connectivity index is 2.08. The molecule has 0 amide bonds. The number of hydrogen-bond acceptors (Lipinski definition) is 1. The summed E-state index contributed by atoms with van der Waals surface area (Å²) in [5.41, 5.74) is 2.60. The van der Waals surface area contributed by atoms with Gasteiger partial charge in [-0.2, -0.15) is 0 Å². The molecule has 0 saturated carbocycles. The maximum atomic E-state index is 13.4. The van der Waals surface area contributed by atoms with E-state index < -0.39 is 0 Å². The number of benzene rings is 2. The summed E-state index contributed by atoms with van der Waals surface area (Å²) < 4.78 is 13.4. The molecular weight excluding hydrogens is 237 g/mol. The third-order valence-electron chi connectivity index (χ3n) is 2.60. The van der Waals surface area contributed by atoms with Crippen molar-refractivity contribution >= 4 is 17.3 Å². The third kappa shape index (κ3) is 2.98. The third-order valence-corrected chi connectivity index (χ3v) is 3.02. The lowest BCUT2D eigenvalue weighted by molar-refractivity contribution is 0.613. The molecule has 0 aliphatic rings. The van der Waals surface area contributed by atoms with E-state index in [2.05, 4.69) is 5.32 Å². The predicted molar refractivity (Wildman–Crippen MR) is 69.9 cm³/mol. The van der Waals surface area contributed by atoms with Crippen LogP contribution in [-0.2, 0) is 6.54 Å². The lowest BCUT2D eigenvalue weighted by Crippen LogP contribution is -2.01. The number of hydrogen-bond donors (Lipinski definition) is 1. The standard InChI is InChI=1S/C14H13ClFN/c1-10-8-12(6-7-13(10)15)17-9-11-4-2-3-5-14(11)16/h2-8,17H,9H2,1H3. The number of aryl methyl sites for hydroxylation is 1. The van der Waals surface area contributed by atoms with Crippen LogP contribution in [0.2, 0.25) is 5.02 Å². The molecule has 1 nitrogen and oxygen atoms in total. The van der Waals surface area contributed by atoms with Crippen molar-refractivity contribution in [3.63, 3.8) is 0 Å². The van der Waals surface area contributed by atoms with Gasteiger partial charge in [0.05, 0.1) is 0 Å². The summed E-state index contributed by atoms with van der Waals surface area (Å²) in [4.78, 5) is 0. The summed E-state index contributed by atoms with van der Waals surface area (Å²) in [5, 5.41) is 3.91. The fourth-order valence-electron chi connectivity index (χ4n) is 1.59. The quantitative estimate of drug-likeness (QED) is 0.850. The van der Waals surface area contributed by atoms with Crippen molar-refractivity contribution < 1.29 is 4.39 Å². The smallest absolute Gasteiger partial charge is 0.128 e. The highest BCUT2D eigenvalue weighted by molar-refractivity contribution is 6.31. The van der Waals surface area contributed by atoms with Crippen LogP contribution in [0.4, 0.5) is 10.1 Å². The molecule has 1 N–H and O–H groups in total. The van der Waals surface area contributed by atoms with Gasteiger partial charge >= 0.3 is 0 Å². The molecule has 0 unspecified atom stereocenters. The highest BCUT2D eigenvalue weighted by atomic mass is 35.5. The van der Waals surface area contributed by atoms with Gasteiger partial charge in [0, 0.05) is 22.8 Å². The van der Waals surface area contributed by atoms with Gasteiger partial charge in [-0.1, -0.05) is 29.8 Å². The second-order valence-electron chi connectivity index (χ2n) is 3.91. The molecule has 2 aromatic carbocycles. The van der Waals surface area contributed by atoms with Crippen LogP contribution in [0.25, 0.3) is 0 Å². The molecule has 0 aliphatic heterocycles. The minimum Gasteiger partial charge on any atom is -0.381 e. The van der Waals surface area contributed by atoms with Gasteiger partial charge in [0.15, 0.2) is 0 Å². The van der Waals surface area contributed by atoms with Gasteiger partial charge in [0.25, 0.3) is 0 Å². The van der Waals surface area contributed by atoms with E-state index in [0.29, 0.717) is 12.1 Å². The van der Waals surface area contributed by atoms with Crippen LogP contribution in [-0.4, -0.2) is 0 Å². The van der Waals surface area contributed by atoms with Crippen molar-refractivity contribution in [1.29, 1.82) is 0 Å². The molecule has 0 radical (unpaired) electrons. The van der Waals surface area contributed by atoms with Gasteiger partial charge < -0.3 is 5.32 Å². The molecule has 3 heteroatoms. The molecular formula is C14H13ClFN. The van der Waals surface area contributed by atoms with Crippen molar-refractivity contribution in [3.8, 4) is 0 Å². The Bertz CT molecular complexity index is 525. The number of rotatable bonds is 3. The Morgan fingerprint density at radius 1 is 1.18 bits per heavy atom. The Hall–Kier alpha value is -1.54. The van der Waals surface area contributed by atoms with Gasteiger partial charge in [-0.05, 0) is 36.8 Å². The first-order valence-electron chi connectivity index (χ1n) is 5.40. The zero-order valence-electron chi connectivity index (χ0n) is 9.50. The second kappa shape index (κ2) is 5.19. The summed E-state index contributed by atoms with van der Waals surface area (Å²) in [6, 6.07) is 12.4. The van der Waals surface area contributed by atoms with Crippen molar-refractivity contribution in [2.75, 3.05) is 5.32 Å². The molecule has 17 heavy (non-hydrogen) atoms. The zero-order chi connectivity index (χ0) is 12.3. The van der Waals surface area contributed by atoms with Crippen LogP contribution in [0.3, 0.4) is 0 Å². The molecule has 2 aromatic rings. The first-order valence-corrected chi connectivity index (χ1v) is 5.78. The Labute approximate surface area is 105 Å². The van der Waals surface area contributed by atoms with Crippen LogP contribution in [0, 0.1) is 12.7 Å². The number of halogens is 2. The molecule has 0 bridgehead atoms. The fourth-order valence-corrected chi connectivity index (χ4v) is 1.71. The van der Waals surface area contributed by atoms with Crippen molar-refractivity contribution in [2.45, 2.75) is 13.5 Å². The van der Waals surface area contributed by atoms with Crippen LogP contribution in [0.5, 0.6) is 0 Å². The number of anilines is 1. The van der Waals surface area contributed by atoms with Crippen LogP contribution in [0.15, 0.2) is 42.5 Å². The van der Waals surface area contributed by atoms with Crippen molar-refractivity contribution in [3.05, 3.63) is 64.4 Å². The highest BCUT2D eigenvalue weighted by Gasteiger charge is 2.01. The first-order chi connectivity index (χ1) is 8.16. The summed E-state index contributed by atoms with van der Waals surface area (Å²) in [6.07, 6.45) is 0. The van der Waals surface area contributed by atoms with Crippen LogP contribution < -0.4 is 5.32 Å². The maximum absolute atomic E-state index is 13.4. The van der Waals surface area contributed by atoms with E-state index in [4.69, 9.17) is 11.6 Å². The zero-order valence-corrected chi connectivity index (χ0v) is 10.3. The minimum absolute atomic E-state index is 0.189. The molecule has 0 atom stereocenters. The Morgan fingerprint density at radius 3 is 2.65 bits per heavy atom. The predicted octanol–water partition coefficient (Wildman–Crippen LogP) is 4.40. The van der Waals surface area contributed by atoms with Gasteiger partial charge in [-0.15, -0.1) is 0 Å². The SMILES string of the molecule is Cc1cc(NCc2ccccc2F)ccc1Cl. The average molecular weight is 250 g/mol. The Kier molecular flexibility index (Phi) is 3.64. The summed E-state index contributed by atoms with van der Waals surface area (Å²) in [7, 11) is 0. The largest absolute Gasteiger partial charge is 0.381 e. The van der Waals surface area contributed by atoms with Gasteiger partial charge in [0.2, 0.25) is 0 Å². The average Bonchev–Trinajstić information content (AvgIpc) is 2.32. The van der Waals surface area contributed by atoms with E-state index in [0.717, 1.165) is 16.3 Å². The van der Waals surface area contributed by atoms with Crippen LogP contribution in [0.1, 0.15) is 11.1 Å². The van der Waals surface area contributed by atoms with Crippen LogP contribution >= 0.6 is 11.6 Å². The lowest BCUT2D eigenvalue weighted by Gasteiger charge is -2.08. The minimum atomic E-state index is -0.189. The summed E-state index contributed by atoms with van der Waals surface area (Å²) >= 11 is 5.94. The van der Waals surface area contributed by atoms with E-state index in [-0.39, 0.29) is 5.82 Å². The molecule has 0 aliphatic carbocycles. The molecule has 2 rings (SSSR count). The van der Waals surface area contributed by atoms with Gasteiger partial charge in [-0.3, -0.25) is 0 Å². The fraction of sp³-hybridized carbons (Fsp3) is 0.143. The molecule has 0 aromatic heterocycles. The van der Waals surface area contributed by atoms with E-state index in [1.807, 2.05) is 31.2 Å². The molecule has 0 saturated heterocycles. The topological polar surface area (TPSA) is 12.0 Å². The normalized spacial score (nSPS) is 10.3. The Morgan fingerprint density at radius 2 is 1.94 bits per heavy atom. The van der Waals surface area contributed by atoms with Gasteiger partial charge in [-0.25, -0.2) is 4.39 Å². The molecule has 0 heterocycles. The van der Waals surface area contributed by atoms with Crippen molar-refractivity contribution in [1.82, 2.24) is 0 Å². The first kappa shape index (κ1) is 11.9. The second-order valence-corrected chi connectivity index (χ2v) is 4.32. The maximum Gasteiger partial charge on any atom is 0.128 e. The lowest BCUT2D eigenvalue weighted by atomic mass is 10.2. The molecule has 0 fully saturated rings. The molecule has 0 spiro atoms. The van der Waals surface area contributed by atoms with E-state index in [1.165, 1.54) is 6.07 Å². The van der Waals surface area contributed by atoms with Crippen molar-refractivity contribution in [2.24, 2.45) is 0 Å². The van der Waals surface area contributed by atoms with E-state index in [1.54, 1.807) is 12.1 Å². The monoisotopic (exact) mass is 249 g/mol. The summed E-state index contributed by atoms with van der Waals surface area (Å²) in [5.74, 6) is -0.189. The summed E-state index contributed by atoms with van der Waals surface area (Å²) in [6.45, 7) is 2.41. The van der Waals surface area contributed by atoms with Gasteiger partial charge in [0.1, 0.15) is 5.82 Å². The highest BCUT2D eigenvalue weighted by Crippen LogP contribution is 2.20. The molecule has 88 valence electrons. The van der Waals surface area contributed by atoms with E-state index >= 15 is 0 Å². The number of nitrogens with one attached hydrogen (secondary N) is 1. The van der Waals surface area contributed by atoms with E-state index in [9.17, 15) is 4.39 Å².